The van der Waals surface area contributed by atoms with Gasteiger partial charge in [0, 0.05) is 19.6 Å². The van der Waals surface area contributed by atoms with Gasteiger partial charge in [0.05, 0.1) is 32.9 Å². The van der Waals surface area contributed by atoms with E-state index in [-0.39, 0.29) is 18.6 Å². The lowest BCUT2D eigenvalue weighted by Crippen LogP contribution is -2.40. The number of aliphatic hydroxyl groups is 1. The van der Waals surface area contributed by atoms with E-state index in [1.807, 2.05) is 35.2 Å². The predicted molar refractivity (Wildman–Crippen MR) is 113 cm³/mol. The molecule has 1 aliphatic rings. The van der Waals surface area contributed by atoms with Gasteiger partial charge >= 0.3 is 0 Å². The van der Waals surface area contributed by atoms with Crippen LogP contribution in [0.15, 0.2) is 40.8 Å². The summed E-state index contributed by atoms with van der Waals surface area (Å²) in [5.74, 6) is 2.55. The van der Waals surface area contributed by atoms with Gasteiger partial charge in [-0.3, -0.25) is 9.69 Å². The molecule has 1 N–H and O–H groups in total. The van der Waals surface area contributed by atoms with Crippen LogP contribution in [0.4, 0.5) is 0 Å². The summed E-state index contributed by atoms with van der Waals surface area (Å²) in [6.07, 6.45) is -0.117. The number of rotatable bonds is 9. The van der Waals surface area contributed by atoms with Crippen LogP contribution in [-0.2, 0) is 29.3 Å². The Hall–Kier alpha value is -2.35. The Labute approximate surface area is 178 Å². The van der Waals surface area contributed by atoms with Gasteiger partial charge in [0.15, 0.2) is 0 Å². The maximum Gasteiger partial charge on any atom is 0.236 e. The van der Waals surface area contributed by atoms with Gasteiger partial charge in [-0.2, -0.15) is 0 Å². The van der Waals surface area contributed by atoms with E-state index >= 15 is 0 Å². The molecule has 0 unspecified atom stereocenters. The van der Waals surface area contributed by atoms with Gasteiger partial charge in [-0.1, -0.05) is 26.0 Å². The van der Waals surface area contributed by atoms with Crippen LogP contribution in [0.5, 0.6) is 5.75 Å². The van der Waals surface area contributed by atoms with Crippen LogP contribution >= 0.6 is 0 Å². The molecule has 1 aromatic heterocycles. The van der Waals surface area contributed by atoms with Gasteiger partial charge in [0.1, 0.15) is 23.9 Å². The van der Waals surface area contributed by atoms with Gasteiger partial charge in [0.2, 0.25) is 5.91 Å². The lowest BCUT2D eigenvalue weighted by Gasteiger charge is -2.26. The summed E-state index contributed by atoms with van der Waals surface area (Å²) >= 11 is 0. The summed E-state index contributed by atoms with van der Waals surface area (Å²) in [7, 11) is 1.65. The van der Waals surface area contributed by atoms with E-state index in [2.05, 4.69) is 18.7 Å². The molecule has 30 heavy (non-hydrogen) atoms. The van der Waals surface area contributed by atoms with Crippen LogP contribution in [0, 0.1) is 5.92 Å². The zero-order chi connectivity index (χ0) is 21.5. The van der Waals surface area contributed by atoms with Crippen molar-refractivity contribution >= 4 is 5.91 Å². The highest BCUT2D eigenvalue weighted by Crippen LogP contribution is 2.18. The first kappa shape index (κ1) is 22.3. The molecule has 7 nitrogen and oxygen atoms in total. The molecule has 1 fully saturated rings. The van der Waals surface area contributed by atoms with E-state index in [0.29, 0.717) is 51.0 Å². The van der Waals surface area contributed by atoms with Crippen molar-refractivity contribution in [1.29, 1.82) is 0 Å². The van der Waals surface area contributed by atoms with Crippen molar-refractivity contribution in [2.24, 2.45) is 5.92 Å². The maximum absolute atomic E-state index is 12.9. The zero-order valence-corrected chi connectivity index (χ0v) is 18.0. The van der Waals surface area contributed by atoms with Gasteiger partial charge in [-0.15, -0.1) is 0 Å². The van der Waals surface area contributed by atoms with E-state index in [1.165, 1.54) is 0 Å². The molecule has 1 amide bonds. The Kier molecular flexibility index (Phi) is 7.90. The van der Waals surface area contributed by atoms with Crippen LogP contribution in [0.25, 0.3) is 0 Å². The van der Waals surface area contributed by atoms with E-state index < -0.39 is 0 Å². The Balaban J connectivity index is 1.69. The van der Waals surface area contributed by atoms with E-state index in [9.17, 15) is 9.90 Å². The first-order valence-corrected chi connectivity index (χ1v) is 10.4. The van der Waals surface area contributed by atoms with E-state index in [4.69, 9.17) is 13.9 Å². The van der Waals surface area contributed by atoms with Crippen molar-refractivity contribution in [3.63, 3.8) is 0 Å². The number of amides is 1. The number of furan rings is 1. The summed E-state index contributed by atoms with van der Waals surface area (Å²) in [6.45, 7) is 7.27. The number of ether oxygens (including phenoxy) is 2. The maximum atomic E-state index is 12.9. The lowest BCUT2D eigenvalue weighted by atomic mass is 10.2. The predicted octanol–water partition coefficient (Wildman–Crippen LogP) is 2.67. The van der Waals surface area contributed by atoms with Gasteiger partial charge in [-0.05, 0) is 35.7 Å². The summed E-state index contributed by atoms with van der Waals surface area (Å²) in [5.41, 5.74) is 1.03. The molecule has 1 atom stereocenters. The number of aliphatic hydroxyl groups excluding tert-OH is 1. The molecule has 1 aromatic carbocycles. The quantitative estimate of drug-likeness (QED) is 0.677. The van der Waals surface area contributed by atoms with Crippen molar-refractivity contribution in [3.05, 3.63) is 53.5 Å². The van der Waals surface area contributed by atoms with Crippen LogP contribution < -0.4 is 4.74 Å². The summed E-state index contributed by atoms with van der Waals surface area (Å²) < 4.78 is 17.2. The fourth-order valence-electron chi connectivity index (χ4n) is 3.68. The van der Waals surface area contributed by atoms with Gasteiger partial charge < -0.3 is 23.9 Å². The number of hydrogen-bond acceptors (Lipinski definition) is 6. The molecule has 0 spiro atoms. The molecule has 3 rings (SSSR count). The van der Waals surface area contributed by atoms with Crippen molar-refractivity contribution in [2.75, 3.05) is 33.3 Å². The number of nitrogens with zero attached hydrogens (tertiary/aromatic N) is 2. The molecule has 1 aliphatic heterocycles. The molecule has 2 aromatic rings. The molecule has 164 valence electrons. The van der Waals surface area contributed by atoms with E-state index in [0.717, 1.165) is 17.1 Å². The highest BCUT2D eigenvalue weighted by Gasteiger charge is 2.29. The van der Waals surface area contributed by atoms with Crippen LogP contribution in [-0.4, -0.2) is 60.2 Å². The minimum absolute atomic E-state index is 0.102. The second-order valence-corrected chi connectivity index (χ2v) is 8.17. The third-order valence-electron chi connectivity index (χ3n) is 5.06. The summed E-state index contributed by atoms with van der Waals surface area (Å²) in [6, 6.07) is 11.4. The normalized spacial score (nSPS) is 18.1. The molecule has 0 bridgehead atoms. The largest absolute Gasteiger partial charge is 0.497 e. The molecule has 0 saturated carbocycles. The Morgan fingerprint density at radius 2 is 2.00 bits per heavy atom. The van der Waals surface area contributed by atoms with Crippen molar-refractivity contribution in [2.45, 2.75) is 39.7 Å². The minimum Gasteiger partial charge on any atom is -0.497 e. The molecular weight excluding hydrogens is 384 g/mol. The average Bonchev–Trinajstić information content (AvgIpc) is 3.12. The zero-order valence-electron chi connectivity index (χ0n) is 18.0. The minimum atomic E-state index is -0.132. The number of methoxy groups -OCH3 is 1. The van der Waals surface area contributed by atoms with Gasteiger partial charge in [-0.25, -0.2) is 0 Å². The smallest absolute Gasteiger partial charge is 0.236 e. The Morgan fingerprint density at radius 3 is 2.70 bits per heavy atom. The fraction of sp³-hybridized carbons (Fsp3) is 0.522. The second-order valence-electron chi connectivity index (χ2n) is 8.17. The van der Waals surface area contributed by atoms with Crippen LogP contribution in [0.2, 0.25) is 0 Å². The molecular formula is C23H32N2O5. The monoisotopic (exact) mass is 416 g/mol. The van der Waals surface area contributed by atoms with E-state index in [1.54, 1.807) is 13.2 Å². The molecule has 0 aliphatic carbocycles. The summed E-state index contributed by atoms with van der Waals surface area (Å²) in [5, 5.41) is 9.22. The lowest BCUT2D eigenvalue weighted by molar-refractivity contribution is -0.132. The standard InChI is InChI=1S/C23H32N2O5/c1-17(2)10-25-13-22(29-16-18-5-4-6-19(9-18)28-3)12-24(14-23(25)27)11-20-7-8-21(15-26)30-20/h4-9,17,22,26H,10-16H2,1-3H3/t22-/m1/s1. The fourth-order valence-corrected chi connectivity index (χ4v) is 3.68. The Morgan fingerprint density at radius 1 is 1.20 bits per heavy atom. The second kappa shape index (κ2) is 10.6. The topological polar surface area (TPSA) is 75.4 Å². The van der Waals surface area contributed by atoms with Crippen LogP contribution in [0.1, 0.15) is 30.9 Å². The molecule has 2 heterocycles. The SMILES string of the molecule is COc1cccc(CO[C@@H]2CN(Cc3ccc(CO)o3)CC(=O)N(CC(C)C)C2)c1. The first-order valence-electron chi connectivity index (χ1n) is 10.4. The number of carbonyl (C=O) groups excluding carboxylic acids is 1. The molecule has 1 saturated heterocycles. The molecule has 0 radical (unpaired) electrons. The first-order chi connectivity index (χ1) is 14.5. The number of hydrogen-bond donors (Lipinski definition) is 1. The number of carbonyl (C=O) groups is 1. The van der Waals surface area contributed by atoms with Crippen molar-refractivity contribution in [1.82, 2.24) is 9.80 Å². The van der Waals surface area contributed by atoms with Gasteiger partial charge in [0.25, 0.3) is 0 Å². The highest BCUT2D eigenvalue weighted by atomic mass is 16.5. The molecule has 7 heteroatoms. The third-order valence-corrected chi connectivity index (χ3v) is 5.06. The summed E-state index contributed by atoms with van der Waals surface area (Å²) in [4.78, 5) is 16.8. The van der Waals surface area contributed by atoms with Crippen molar-refractivity contribution in [3.8, 4) is 5.75 Å². The number of benzene rings is 1. The third kappa shape index (κ3) is 6.32. The highest BCUT2D eigenvalue weighted by molar-refractivity contribution is 5.78. The van der Waals surface area contributed by atoms with Crippen molar-refractivity contribution < 1.29 is 23.8 Å². The van der Waals surface area contributed by atoms with Crippen LogP contribution in [0.3, 0.4) is 0 Å². The average molecular weight is 417 g/mol. The Bertz CT molecular complexity index is 819.